The first kappa shape index (κ1) is 18.2. The summed E-state index contributed by atoms with van der Waals surface area (Å²) in [5.41, 5.74) is 3.29. The minimum absolute atomic E-state index is 0.0147. The van der Waals surface area contributed by atoms with E-state index in [0.717, 1.165) is 12.8 Å². The SMILES string of the molecule is COC(=O)CC(C)NC(=O)CCC(=O)c1ccc2c(c1)CCCC2. The number of carbonyl (C=O) groups excluding carboxylic acids is 3. The Balaban J connectivity index is 1.82. The summed E-state index contributed by atoms with van der Waals surface area (Å²) in [5.74, 6) is -0.607. The van der Waals surface area contributed by atoms with Gasteiger partial charge in [0, 0.05) is 24.4 Å². The van der Waals surface area contributed by atoms with Gasteiger partial charge in [0.2, 0.25) is 5.91 Å². The highest BCUT2D eigenvalue weighted by atomic mass is 16.5. The zero-order chi connectivity index (χ0) is 17.5. The molecule has 1 N–H and O–H groups in total. The molecule has 1 unspecified atom stereocenters. The Morgan fingerprint density at radius 3 is 2.54 bits per heavy atom. The van der Waals surface area contributed by atoms with Crippen LogP contribution >= 0.6 is 0 Å². The maximum absolute atomic E-state index is 12.3. The lowest BCUT2D eigenvalue weighted by Crippen LogP contribution is -2.34. The minimum Gasteiger partial charge on any atom is -0.469 e. The lowest BCUT2D eigenvalue weighted by molar-refractivity contribution is -0.141. The first-order chi connectivity index (χ1) is 11.5. The van der Waals surface area contributed by atoms with Crippen LogP contribution in [0.1, 0.15) is 60.5 Å². The summed E-state index contributed by atoms with van der Waals surface area (Å²) in [6, 6.07) is 5.59. The van der Waals surface area contributed by atoms with E-state index in [1.165, 1.54) is 31.1 Å². The second-order valence-electron chi connectivity index (χ2n) is 6.36. The number of ketones is 1. The van der Waals surface area contributed by atoms with Crippen molar-refractivity contribution in [3.63, 3.8) is 0 Å². The molecule has 0 radical (unpaired) electrons. The van der Waals surface area contributed by atoms with Crippen molar-refractivity contribution in [2.75, 3.05) is 7.11 Å². The van der Waals surface area contributed by atoms with Crippen molar-refractivity contribution in [3.8, 4) is 0 Å². The predicted molar refractivity (Wildman–Crippen MR) is 90.9 cm³/mol. The van der Waals surface area contributed by atoms with Crippen molar-refractivity contribution in [2.45, 2.75) is 57.9 Å². The summed E-state index contributed by atoms with van der Waals surface area (Å²) in [6.07, 6.45) is 4.93. The maximum atomic E-state index is 12.3. The van der Waals surface area contributed by atoms with Crippen molar-refractivity contribution in [1.82, 2.24) is 5.32 Å². The van der Waals surface area contributed by atoms with Gasteiger partial charge in [-0.2, -0.15) is 0 Å². The molecule has 1 aromatic rings. The number of carbonyl (C=O) groups is 3. The zero-order valence-electron chi connectivity index (χ0n) is 14.4. The summed E-state index contributed by atoms with van der Waals surface area (Å²) in [7, 11) is 1.31. The van der Waals surface area contributed by atoms with Gasteiger partial charge in [-0.25, -0.2) is 0 Å². The number of nitrogens with one attached hydrogen (secondary N) is 1. The van der Waals surface area contributed by atoms with E-state index in [9.17, 15) is 14.4 Å². The van der Waals surface area contributed by atoms with Gasteiger partial charge in [0.25, 0.3) is 0 Å². The van der Waals surface area contributed by atoms with Crippen LogP contribution in [-0.2, 0) is 27.2 Å². The van der Waals surface area contributed by atoms with Gasteiger partial charge >= 0.3 is 5.97 Å². The normalized spacial score (nSPS) is 14.4. The minimum atomic E-state index is -0.368. The van der Waals surface area contributed by atoms with Gasteiger partial charge in [-0.3, -0.25) is 14.4 Å². The van der Waals surface area contributed by atoms with E-state index < -0.39 is 0 Å². The number of benzene rings is 1. The van der Waals surface area contributed by atoms with Crippen LogP contribution in [0.15, 0.2) is 18.2 Å². The van der Waals surface area contributed by atoms with E-state index in [2.05, 4.69) is 10.1 Å². The number of hydrogen-bond donors (Lipinski definition) is 1. The van der Waals surface area contributed by atoms with E-state index in [1.807, 2.05) is 18.2 Å². The second-order valence-corrected chi connectivity index (χ2v) is 6.36. The Morgan fingerprint density at radius 1 is 1.12 bits per heavy atom. The molecule has 0 saturated carbocycles. The topological polar surface area (TPSA) is 72.5 Å². The molecule has 0 fully saturated rings. The molecule has 0 saturated heterocycles. The third kappa shape index (κ3) is 5.18. The highest BCUT2D eigenvalue weighted by molar-refractivity contribution is 5.98. The number of aryl methyl sites for hydroxylation is 2. The summed E-state index contributed by atoms with van der Waals surface area (Å²) in [6.45, 7) is 1.74. The molecule has 1 amide bonds. The Bertz CT molecular complexity index is 624. The van der Waals surface area contributed by atoms with Gasteiger partial charge in [0.05, 0.1) is 13.5 Å². The monoisotopic (exact) mass is 331 g/mol. The molecule has 0 aliphatic heterocycles. The fraction of sp³-hybridized carbons (Fsp3) is 0.526. The number of esters is 1. The highest BCUT2D eigenvalue weighted by Crippen LogP contribution is 2.22. The molecule has 1 atom stereocenters. The third-order valence-corrected chi connectivity index (χ3v) is 4.36. The molecule has 130 valence electrons. The first-order valence-corrected chi connectivity index (χ1v) is 8.50. The summed E-state index contributed by atoms with van der Waals surface area (Å²) in [4.78, 5) is 35.3. The molecule has 1 aromatic carbocycles. The van der Waals surface area contributed by atoms with Crippen molar-refractivity contribution < 1.29 is 19.1 Å². The quantitative estimate of drug-likeness (QED) is 0.616. The van der Waals surface area contributed by atoms with Crippen LogP contribution in [0.5, 0.6) is 0 Å². The lowest BCUT2D eigenvalue weighted by Gasteiger charge is -2.16. The van der Waals surface area contributed by atoms with E-state index in [-0.39, 0.29) is 43.0 Å². The predicted octanol–water partition coefficient (Wildman–Crippen LogP) is 2.60. The third-order valence-electron chi connectivity index (χ3n) is 4.36. The van der Waals surface area contributed by atoms with E-state index >= 15 is 0 Å². The number of methoxy groups -OCH3 is 1. The molecule has 2 rings (SSSR count). The van der Waals surface area contributed by atoms with Crippen molar-refractivity contribution in [2.24, 2.45) is 0 Å². The molecule has 0 heterocycles. The van der Waals surface area contributed by atoms with Gasteiger partial charge in [0.1, 0.15) is 0 Å². The average molecular weight is 331 g/mol. The van der Waals surface area contributed by atoms with E-state index in [0.29, 0.717) is 5.56 Å². The molecular weight excluding hydrogens is 306 g/mol. The fourth-order valence-corrected chi connectivity index (χ4v) is 3.01. The number of Topliss-reactive ketones (excluding diaryl/α,β-unsaturated/α-hetero) is 1. The van der Waals surface area contributed by atoms with Gasteiger partial charge in [-0.15, -0.1) is 0 Å². The Kier molecular flexibility index (Phi) is 6.53. The highest BCUT2D eigenvalue weighted by Gasteiger charge is 2.16. The molecule has 0 spiro atoms. The Labute approximate surface area is 142 Å². The number of fused-ring (bicyclic) bond motifs is 1. The lowest BCUT2D eigenvalue weighted by atomic mass is 9.89. The van der Waals surface area contributed by atoms with Crippen LogP contribution in [0, 0.1) is 0 Å². The van der Waals surface area contributed by atoms with Crippen LogP contribution < -0.4 is 5.32 Å². The van der Waals surface area contributed by atoms with Crippen LogP contribution in [0.2, 0.25) is 0 Å². The molecular formula is C19H25NO4. The summed E-state index contributed by atoms with van der Waals surface area (Å²) in [5, 5.41) is 2.71. The average Bonchev–Trinajstić information content (AvgIpc) is 2.58. The zero-order valence-corrected chi connectivity index (χ0v) is 14.4. The van der Waals surface area contributed by atoms with E-state index in [1.54, 1.807) is 6.92 Å². The van der Waals surface area contributed by atoms with Crippen LogP contribution in [-0.4, -0.2) is 30.8 Å². The number of ether oxygens (including phenoxy) is 1. The van der Waals surface area contributed by atoms with Gasteiger partial charge < -0.3 is 10.1 Å². The first-order valence-electron chi connectivity index (χ1n) is 8.50. The van der Waals surface area contributed by atoms with Crippen LogP contribution in [0.25, 0.3) is 0 Å². The van der Waals surface area contributed by atoms with Crippen molar-refractivity contribution in [1.29, 1.82) is 0 Å². The Hall–Kier alpha value is -2.17. The van der Waals surface area contributed by atoms with Gasteiger partial charge in [0.15, 0.2) is 5.78 Å². The number of amides is 1. The van der Waals surface area contributed by atoms with Crippen molar-refractivity contribution >= 4 is 17.7 Å². The molecule has 0 aromatic heterocycles. The van der Waals surface area contributed by atoms with Crippen LogP contribution in [0.4, 0.5) is 0 Å². The summed E-state index contributed by atoms with van der Waals surface area (Å²) < 4.78 is 4.56. The smallest absolute Gasteiger partial charge is 0.307 e. The van der Waals surface area contributed by atoms with Crippen molar-refractivity contribution in [3.05, 3.63) is 34.9 Å². The molecule has 24 heavy (non-hydrogen) atoms. The molecule has 5 heteroatoms. The van der Waals surface area contributed by atoms with Gasteiger partial charge in [-0.05, 0) is 49.8 Å². The molecule has 1 aliphatic rings. The second kappa shape index (κ2) is 8.62. The van der Waals surface area contributed by atoms with Crippen LogP contribution in [0.3, 0.4) is 0 Å². The maximum Gasteiger partial charge on any atom is 0.307 e. The molecule has 0 bridgehead atoms. The molecule has 1 aliphatic carbocycles. The fourth-order valence-electron chi connectivity index (χ4n) is 3.01. The number of rotatable bonds is 7. The Morgan fingerprint density at radius 2 is 1.83 bits per heavy atom. The standard InChI is InChI=1S/C19H25NO4/c1-13(11-19(23)24-2)20-18(22)10-9-17(21)16-8-7-14-5-3-4-6-15(14)12-16/h7-8,12-13H,3-6,9-11H2,1-2H3,(H,20,22). The van der Waals surface area contributed by atoms with E-state index in [4.69, 9.17) is 0 Å². The molecule has 5 nitrogen and oxygen atoms in total. The summed E-state index contributed by atoms with van der Waals surface area (Å²) >= 11 is 0. The number of hydrogen-bond acceptors (Lipinski definition) is 4. The largest absolute Gasteiger partial charge is 0.469 e. The van der Waals surface area contributed by atoms with Gasteiger partial charge in [-0.1, -0.05) is 12.1 Å².